The number of piperidine rings is 1. The van der Waals surface area contributed by atoms with Crippen molar-refractivity contribution >= 4 is 5.91 Å². The minimum Gasteiger partial charge on any atom is -0.339 e. The van der Waals surface area contributed by atoms with E-state index in [-0.39, 0.29) is 5.92 Å². The molecule has 2 rings (SSSR count). The third-order valence-corrected chi connectivity index (χ3v) is 3.79. The molecule has 14 heavy (non-hydrogen) atoms. The van der Waals surface area contributed by atoms with Gasteiger partial charge in [0, 0.05) is 25.7 Å². The van der Waals surface area contributed by atoms with E-state index in [0.717, 1.165) is 19.6 Å². The van der Waals surface area contributed by atoms with Crippen molar-refractivity contribution in [2.75, 3.05) is 19.6 Å². The largest absolute Gasteiger partial charge is 0.339 e. The summed E-state index contributed by atoms with van der Waals surface area (Å²) in [4.78, 5) is 14.1. The van der Waals surface area contributed by atoms with Crippen molar-refractivity contribution in [3.63, 3.8) is 0 Å². The maximum absolute atomic E-state index is 12.0. The predicted molar refractivity (Wildman–Crippen MR) is 55.9 cm³/mol. The number of carbonyl (C=O) groups is 1. The molecule has 1 N–H and O–H groups in total. The van der Waals surface area contributed by atoms with Gasteiger partial charge in [-0.1, -0.05) is 6.92 Å². The Balaban J connectivity index is 1.97. The second kappa shape index (κ2) is 3.89. The predicted octanol–water partition coefficient (Wildman–Crippen LogP) is 0.853. The van der Waals surface area contributed by atoms with Crippen LogP contribution in [0, 0.1) is 11.8 Å². The first-order valence-corrected chi connectivity index (χ1v) is 5.71. The molecule has 0 radical (unpaired) electrons. The molecule has 2 atom stereocenters. The van der Waals surface area contributed by atoms with Crippen LogP contribution in [0.3, 0.4) is 0 Å². The Morgan fingerprint density at radius 1 is 1.36 bits per heavy atom. The highest BCUT2D eigenvalue weighted by Gasteiger charge is 2.34. The summed E-state index contributed by atoms with van der Waals surface area (Å²) in [6, 6.07) is 0.442. The molecule has 2 saturated heterocycles. The SMILES string of the molecule is CC1CCCN(C(=O)C2CNC2)C1C. The summed E-state index contributed by atoms with van der Waals surface area (Å²) in [5.41, 5.74) is 0. The van der Waals surface area contributed by atoms with Crippen molar-refractivity contribution in [1.82, 2.24) is 10.2 Å². The van der Waals surface area contributed by atoms with Crippen LogP contribution < -0.4 is 5.32 Å². The Hall–Kier alpha value is -0.570. The van der Waals surface area contributed by atoms with Gasteiger partial charge in [0.05, 0.1) is 5.92 Å². The van der Waals surface area contributed by atoms with Gasteiger partial charge in [0.25, 0.3) is 0 Å². The highest BCUT2D eigenvalue weighted by atomic mass is 16.2. The second-order valence-electron chi connectivity index (χ2n) is 4.75. The molecule has 0 saturated carbocycles. The van der Waals surface area contributed by atoms with Crippen molar-refractivity contribution < 1.29 is 4.79 Å². The molecule has 0 aliphatic carbocycles. The number of nitrogens with one attached hydrogen (secondary N) is 1. The lowest BCUT2D eigenvalue weighted by Gasteiger charge is -2.41. The Morgan fingerprint density at radius 2 is 2.07 bits per heavy atom. The molecule has 2 heterocycles. The zero-order chi connectivity index (χ0) is 10.1. The van der Waals surface area contributed by atoms with Crippen molar-refractivity contribution in [2.45, 2.75) is 32.7 Å². The van der Waals surface area contributed by atoms with E-state index in [4.69, 9.17) is 0 Å². The van der Waals surface area contributed by atoms with Gasteiger partial charge in [-0.05, 0) is 25.7 Å². The smallest absolute Gasteiger partial charge is 0.228 e. The standard InChI is InChI=1S/C11H20N2O/c1-8-4-3-5-13(9(8)2)11(14)10-6-12-7-10/h8-10,12H,3-7H2,1-2H3. The van der Waals surface area contributed by atoms with Crippen LogP contribution in [0.5, 0.6) is 0 Å². The molecule has 2 aliphatic heterocycles. The number of nitrogens with zero attached hydrogens (tertiary/aromatic N) is 1. The monoisotopic (exact) mass is 196 g/mol. The number of carbonyl (C=O) groups excluding carboxylic acids is 1. The number of hydrogen-bond acceptors (Lipinski definition) is 2. The zero-order valence-corrected chi connectivity index (χ0v) is 9.12. The molecule has 2 aliphatic rings. The summed E-state index contributed by atoms with van der Waals surface area (Å²) < 4.78 is 0. The maximum Gasteiger partial charge on any atom is 0.228 e. The van der Waals surface area contributed by atoms with Crippen LogP contribution in [0.25, 0.3) is 0 Å². The van der Waals surface area contributed by atoms with E-state index in [1.165, 1.54) is 12.8 Å². The number of likely N-dealkylation sites (tertiary alicyclic amines) is 1. The molecule has 2 fully saturated rings. The fourth-order valence-corrected chi connectivity index (χ4v) is 2.34. The normalized spacial score (nSPS) is 34.0. The molecule has 3 heteroatoms. The van der Waals surface area contributed by atoms with Crippen LogP contribution in [-0.2, 0) is 4.79 Å². The molecule has 0 aromatic carbocycles. The van der Waals surface area contributed by atoms with Gasteiger partial charge >= 0.3 is 0 Å². The third kappa shape index (κ3) is 1.65. The average Bonchev–Trinajstić information content (AvgIpc) is 2.06. The molecular weight excluding hydrogens is 176 g/mol. The van der Waals surface area contributed by atoms with E-state index in [2.05, 4.69) is 24.1 Å². The Kier molecular flexibility index (Phi) is 2.77. The molecule has 1 amide bonds. The van der Waals surface area contributed by atoms with Crippen molar-refractivity contribution in [1.29, 1.82) is 0 Å². The van der Waals surface area contributed by atoms with E-state index in [1.54, 1.807) is 0 Å². The van der Waals surface area contributed by atoms with Gasteiger partial charge in [-0.2, -0.15) is 0 Å². The van der Waals surface area contributed by atoms with Gasteiger partial charge in [0.15, 0.2) is 0 Å². The lowest BCUT2D eigenvalue weighted by Crippen LogP contribution is -2.56. The Labute approximate surface area is 85.8 Å². The van der Waals surface area contributed by atoms with Gasteiger partial charge < -0.3 is 10.2 Å². The third-order valence-electron chi connectivity index (χ3n) is 3.79. The number of rotatable bonds is 1. The topological polar surface area (TPSA) is 32.3 Å². The first kappa shape index (κ1) is 9.97. The lowest BCUT2D eigenvalue weighted by atomic mass is 9.90. The quantitative estimate of drug-likeness (QED) is 0.674. The minimum atomic E-state index is 0.266. The van der Waals surface area contributed by atoms with Crippen molar-refractivity contribution in [3.05, 3.63) is 0 Å². The van der Waals surface area contributed by atoms with Crippen LogP contribution in [0.2, 0.25) is 0 Å². The fraction of sp³-hybridized carbons (Fsp3) is 0.909. The van der Waals surface area contributed by atoms with E-state index >= 15 is 0 Å². The Bertz CT molecular complexity index is 225. The minimum absolute atomic E-state index is 0.266. The van der Waals surface area contributed by atoms with Gasteiger partial charge in [0.1, 0.15) is 0 Å². The molecule has 0 bridgehead atoms. The molecule has 0 aromatic rings. The molecule has 3 nitrogen and oxygen atoms in total. The molecular formula is C11H20N2O. The van der Waals surface area contributed by atoms with Crippen LogP contribution in [0.1, 0.15) is 26.7 Å². The summed E-state index contributed by atoms with van der Waals surface area (Å²) in [6.07, 6.45) is 2.45. The number of amides is 1. The van der Waals surface area contributed by atoms with Gasteiger partial charge in [-0.25, -0.2) is 0 Å². The summed E-state index contributed by atoms with van der Waals surface area (Å²) in [5, 5.41) is 3.16. The summed E-state index contributed by atoms with van der Waals surface area (Å²) in [5.74, 6) is 1.31. The maximum atomic E-state index is 12.0. The van der Waals surface area contributed by atoms with Crippen LogP contribution in [-0.4, -0.2) is 36.5 Å². The summed E-state index contributed by atoms with van der Waals surface area (Å²) >= 11 is 0. The first-order valence-electron chi connectivity index (χ1n) is 5.71. The summed E-state index contributed by atoms with van der Waals surface area (Å²) in [6.45, 7) is 7.19. The Morgan fingerprint density at radius 3 is 2.64 bits per heavy atom. The fourth-order valence-electron chi connectivity index (χ4n) is 2.34. The first-order chi connectivity index (χ1) is 6.70. The highest BCUT2D eigenvalue weighted by Crippen LogP contribution is 2.24. The highest BCUT2D eigenvalue weighted by molar-refractivity contribution is 5.80. The van der Waals surface area contributed by atoms with E-state index in [1.807, 2.05) is 0 Å². The van der Waals surface area contributed by atoms with Gasteiger partial charge in [-0.15, -0.1) is 0 Å². The van der Waals surface area contributed by atoms with Crippen molar-refractivity contribution in [3.8, 4) is 0 Å². The zero-order valence-electron chi connectivity index (χ0n) is 9.12. The average molecular weight is 196 g/mol. The van der Waals surface area contributed by atoms with E-state index < -0.39 is 0 Å². The van der Waals surface area contributed by atoms with Crippen LogP contribution in [0.15, 0.2) is 0 Å². The van der Waals surface area contributed by atoms with Gasteiger partial charge in [0.2, 0.25) is 5.91 Å². The van der Waals surface area contributed by atoms with E-state index in [9.17, 15) is 4.79 Å². The molecule has 2 unspecified atom stereocenters. The van der Waals surface area contributed by atoms with Gasteiger partial charge in [-0.3, -0.25) is 4.79 Å². The van der Waals surface area contributed by atoms with Crippen LogP contribution >= 0.6 is 0 Å². The molecule has 0 aromatic heterocycles. The molecule has 80 valence electrons. The lowest BCUT2D eigenvalue weighted by molar-refractivity contribution is -0.141. The second-order valence-corrected chi connectivity index (χ2v) is 4.75. The van der Waals surface area contributed by atoms with E-state index in [0.29, 0.717) is 17.9 Å². The summed E-state index contributed by atoms with van der Waals surface area (Å²) in [7, 11) is 0. The molecule has 0 spiro atoms. The number of hydrogen-bond donors (Lipinski definition) is 1. The van der Waals surface area contributed by atoms with Crippen molar-refractivity contribution in [2.24, 2.45) is 11.8 Å². The van der Waals surface area contributed by atoms with Crippen LogP contribution in [0.4, 0.5) is 0 Å².